The lowest BCUT2D eigenvalue weighted by molar-refractivity contribution is 0.209. The van der Waals surface area contributed by atoms with E-state index in [1.54, 1.807) is 0 Å². The highest BCUT2D eigenvalue weighted by atomic mass is 35.5. The second-order valence-corrected chi connectivity index (χ2v) is 3.73. The highest BCUT2D eigenvalue weighted by molar-refractivity contribution is 6.30. The third-order valence-corrected chi connectivity index (χ3v) is 2.49. The third-order valence-electron chi connectivity index (χ3n) is 2.20. The quantitative estimate of drug-likeness (QED) is 0.840. The minimum Gasteiger partial charge on any atom is -0.382 e. The van der Waals surface area contributed by atoms with Crippen LogP contribution in [0.1, 0.15) is 17.4 Å². The van der Waals surface area contributed by atoms with Crippen LogP contribution in [0.25, 0.3) is 0 Å². The van der Waals surface area contributed by atoms with Crippen molar-refractivity contribution in [2.45, 2.75) is 6.10 Å². The largest absolute Gasteiger partial charge is 0.382 e. The molecular weight excluding hydrogens is 250 g/mol. The topological polar surface area (TPSA) is 46.0 Å². The summed E-state index contributed by atoms with van der Waals surface area (Å²) in [6, 6.07) is 1.66. The van der Waals surface area contributed by atoms with E-state index in [-0.39, 0.29) is 16.3 Å². The molecule has 0 saturated carbocycles. The van der Waals surface area contributed by atoms with Gasteiger partial charge in [-0.05, 0) is 12.1 Å². The first-order valence-electron chi connectivity index (χ1n) is 4.68. The molecule has 1 heterocycles. The number of aliphatic hydroxyl groups is 1. The maximum Gasteiger partial charge on any atom is 0.142 e. The number of aromatic nitrogens is 2. The number of hydrogen-bond donors (Lipinski definition) is 1. The Bertz CT molecular complexity index is 536. The molecule has 1 atom stereocenters. The molecule has 0 spiro atoms. The van der Waals surface area contributed by atoms with Gasteiger partial charge in [-0.1, -0.05) is 11.6 Å². The molecule has 88 valence electrons. The molecule has 0 bridgehead atoms. The van der Waals surface area contributed by atoms with E-state index in [0.717, 1.165) is 12.1 Å². The molecule has 1 N–H and O–H groups in total. The fourth-order valence-electron chi connectivity index (χ4n) is 1.36. The van der Waals surface area contributed by atoms with E-state index in [9.17, 15) is 13.9 Å². The predicted molar refractivity (Wildman–Crippen MR) is 57.5 cm³/mol. The van der Waals surface area contributed by atoms with E-state index in [2.05, 4.69) is 9.97 Å². The molecule has 0 fully saturated rings. The van der Waals surface area contributed by atoms with Crippen molar-refractivity contribution >= 4 is 11.6 Å². The van der Waals surface area contributed by atoms with Gasteiger partial charge in [0, 0.05) is 18.0 Å². The average Bonchev–Trinajstić information content (AvgIpc) is 2.34. The van der Waals surface area contributed by atoms with E-state index in [0.29, 0.717) is 0 Å². The molecule has 0 radical (unpaired) electrons. The number of hydrogen-bond acceptors (Lipinski definition) is 3. The lowest BCUT2D eigenvalue weighted by Crippen LogP contribution is -2.06. The third kappa shape index (κ3) is 2.40. The molecule has 0 saturated heterocycles. The monoisotopic (exact) mass is 256 g/mol. The predicted octanol–water partition coefficient (Wildman–Crippen LogP) is 2.49. The first-order valence-corrected chi connectivity index (χ1v) is 5.06. The molecule has 0 aliphatic rings. The van der Waals surface area contributed by atoms with Gasteiger partial charge in [0.2, 0.25) is 0 Å². The number of nitrogens with zero attached hydrogens (tertiary/aromatic N) is 2. The molecule has 1 aromatic carbocycles. The van der Waals surface area contributed by atoms with Crippen LogP contribution in [-0.2, 0) is 0 Å². The van der Waals surface area contributed by atoms with E-state index in [4.69, 9.17) is 11.6 Å². The Morgan fingerprint density at radius 2 is 1.94 bits per heavy atom. The summed E-state index contributed by atoms with van der Waals surface area (Å²) < 4.78 is 26.7. The van der Waals surface area contributed by atoms with Crippen molar-refractivity contribution in [1.82, 2.24) is 9.97 Å². The summed E-state index contributed by atoms with van der Waals surface area (Å²) in [5, 5.41) is 9.50. The summed E-state index contributed by atoms with van der Waals surface area (Å²) in [6.07, 6.45) is 2.66. The van der Waals surface area contributed by atoms with Crippen molar-refractivity contribution in [3.05, 3.63) is 58.6 Å². The molecule has 0 amide bonds. The molecule has 3 nitrogen and oxygen atoms in total. The van der Waals surface area contributed by atoms with Gasteiger partial charge in [-0.15, -0.1) is 0 Å². The first-order chi connectivity index (χ1) is 8.09. The smallest absolute Gasteiger partial charge is 0.142 e. The van der Waals surface area contributed by atoms with Gasteiger partial charge in [-0.3, -0.25) is 9.97 Å². The SMILES string of the molecule is OC(c1cnccn1)c1cc(F)c(Cl)cc1F. The lowest BCUT2D eigenvalue weighted by Gasteiger charge is -2.11. The van der Waals surface area contributed by atoms with Crippen LogP contribution in [0, 0.1) is 11.6 Å². The van der Waals surface area contributed by atoms with Crippen LogP contribution < -0.4 is 0 Å². The van der Waals surface area contributed by atoms with Gasteiger partial charge in [-0.2, -0.15) is 0 Å². The molecule has 6 heteroatoms. The Hall–Kier alpha value is -1.59. The van der Waals surface area contributed by atoms with Gasteiger partial charge >= 0.3 is 0 Å². The molecular formula is C11H7ClF2N2O. The van der Waals surface area contributed by atoms with Crippen LogP contribution in [0.5, 0.6) is 0 Å². The Morgan fingerprint density at radius 3 is 2.59 bits per heavy atom. The zero-order chi connectivity index (χ0) is 12.4. The molecule has 17 heavy (non-hydrogen) atoms. The van der Waals surface area contributed by atoms with Crippen molar-refractivity contribution in [2.24, 2.45) is 0 Å². The summed E-state index contributed by atoms with van der Waals surface area (Å²) in [5.74, 6) is -1.60. The summed E-state index contributed by atoms with van der Waals surface area (Å²) in [5.41, 5.74) is -0.0967. The second kappa shape index (κ2) is 4.73. The van der Waals surface area contributed by atoms with Crippen LogP contribution in [0.3, 0.4) is 0 Å². The van der Waals surface area contributed by atoms with Crippen molar-refractivity contribution in [3.8, 4) is 0 Å². The van der Waals surface area contributed by atoms with Crippen LogP contribution >= 0.6 is 11.6 Å². The Kier molecular flexibility index (Phi) is 3.31. The van der Waals surface area contributed by atoms with E-state index in [1.165, 1.54) is 18.6 Å². The van der Waals surface area contributed by atoms with Crippen molar-refractivity contribution in [2.75, 3.05) is 0 Å². The maximum absolute atomic E-state index is 13.5. The summed E-state index contributed by atoms with van der Waals surface area (Å²) in [7, 11) is 0. The fourth-order valence-corrected chi connectivity index (χ4v) is 1.51. The summed E-state index contributed by atoms with van der Waals surface area (Å²) in [6.45, 7) is 0. The Balaban J connectivity index is 2.44. The van der Waals surface area contributed by atoms with E-state index < -0.39 is 17.7 Å². The minimum absolute atomic E-state index is 0.133. The van der Waals surface area contributed by atoms with Crippen molar-refractivity contribution in [3.63, 3.8) is 0 Å². The van der Waals surface area contributed by atoms with Crippen LogP contribution in [0.4, 0.5) is 8.78 Å². The fraction of sp³-hybridized carbons (Fsp3) is 0.0909. The lowest BCUT2D eigenvalue weighted by atomic mass is 10.1. The highest BCUT2D eigenvalue weighted by Crippen LogP contribution is 2.26. The van der Waals surface area contributed by atoms with Gasteiger partial charge in [0.1, 0.15) is 17.7 Å². The molecule has 0 aliphatic carbocycles. The highest BCUT2D eigenvalue weighted by Gasteiger charge is 2.18. The normalized spacial score (nSPS) is 12.5. The Labute approximate surface area is 101 Å². The summed E-state index contributed by atoms with van der Waals surface area (Å²) in [4.78, 5) is 7.55. The average molecular weight is 257 g/mol. The van der Waals surface area contributed by atoms with Crippen molar-refractivity contribution in [1.29, 1.82) is 0 Å². The molecule has 0 aliphatic heterocycles. The number of benzene rings is 1. The van der Waals surface area contributed by atoms with Gasteiger partial charge in [-0.25, -0.2) is 8.78 Å². The standard InChI is InChI=1S/C11H7ClF2N2O/c12-7-4-8(13)6(3-9(7)14)11(17)10-5-15-1-2-16-10/h1-5,11,17H. The molecule has 2 aromatic rings. The van der Waals surface area contributed by atoms with Crippen LogP contribution in [0.15, 0.2) is 30.7 Å². The van der Waals surface area contributed by atoms with Gasteiger partial charge < -0.3 is 5.11 Å². The molecule has 2 rings (SSSR count). The van der Waals surface area contributed by atoms with Gasteiger partial charge in [0.15, 0.2) is 0 Å². The van der Waals surface area contributed by atoms with Crippen LogP contribution in [-0.4, -0.2) is 15.1 Å². The Morgan fingerprint density at radius 1 is 1.18 bits per heavy atom. The number of aliphatic hydroxyl groups excluding tert-OH is 1. The summed E-state index contributed by atoms with van der Waals surface area (Å²) >= 11 is 5.41. The number of halogens is 3. The van der Waals surface area contributed by atoms with E-state index in [1.807, 2.05) is 0 Å². The second-order valence-electron chi connectivity index (χ2n) is 3.32. The molecule has 1 unspecified atom stereocenters. The minimum atomic E-state index is -1.38. The van der Waals surface area contributed by atoms with Gasteiger partial charge in [0.05, 0.1) is 16.9 Å². The number of rotatable bonds is 2. The molecule has 1 aromatic heterocycles. The zero-order valence-corrected chi connectivity index (χ0v) is 9.20. The van der Waals surface area contributed by atoms with Crippen molar-refractivity contribution < 1.29 is 13.9 Å². The van der Waals surface area contributed by atoms with E-state index >= 15 is 0 Å². The first kappa shape index (κ1) is 11.9. The van der Waals surface area contributed by atoms with Crippen LogP contribution in [0.2, 0.25) is 5.02 Å². The maximum atomic E-state index is 13.5. The van der Waals surface area contributed by atoms with Gasteiger partial charge in [0.25, 0.3) is 0 Å². The zero-order valence-electron chi connectivity index (χ0n) is 8.44.